The highest BCUT2D eigenvalue weighted by atomic mass is 35.7. The zero-order valence-electron chi connectivity index (χ0n) is 11.0. The van der Waals surface area contributed by atoms with E-state index in [1.807, 2.05) is 0 Å². The van der Waals surface area contributed by atoms with Gasteiger partial charge in [-0.25, -0.2) is 0 Å². The van der Waals surface area contributed by atoms with Crippen LogP contribution < -0.4 is 0 Å². The second-order valence-corrected chi connectivity index (χ2v) is 11.8. The fourth-order valence-corrected chi connectivity index (χ4v) is 5.42. The molecule has 2 heterocycles. The number of hydrogen-bond acceptors (Lipinski definition) is 3. The number of ether oxygens (including phenoxy) is 1. The molecule has 2 fully saturated rings. The first kappa shape index (κ1) is 15.1. The predicted octanol–water partition coefficient (Wildman–Crippen LogP) is 2.94. The lowest BCUT2D eigenvalue weighted by atomic mass is 9.99. The number of likely N-dealkylation sites (tertiary alicyclic amines) is 1. The molecule has 0 N–H and O–H groups in total. The van der Waals surface area contributed by atoms with Gasteiger partial charge in [0.25, 0.3) is 0 Å². The molecule has 6 heteroatoms. The summed E-state index contributed by atoms with van der Waals surface area (Å²) in [6, 6.07) is 0.768. The summed E-state index contributed by atoms with van der Waals surface area (Å²) in [6.07, 6.45) is 3.50. The topological polar surface area (TPSA) is 21.7 Å². The smallest absolute Gasteiger partial charge is 0.385 e. The second-order valence-electron chi connectivity index (χ2n) is 5.54. The molecule has 2 saturated heterocycles. The van der Waals surface area contributed by atoms with Crippen LogP contribution in [0.5, 0.6) is 0 Å². The van der Waals surface area contributed by atoms with Crippen molar-refractivity contribution in [1.82, 2.24) is 4.90 Å². The Balaban J connectivity index is 1.82. The van der Waals surface area contributed by atoms with Crippen molar-refractivity contribution in [3.05, 3.63) is 0 Å². The summed E-state index contributed by atoms with van der Waals surface area (Å²) in [7, 11) is 0. The van der Waals surface area contributed by atoms with Gasteiger partial charge in [-0.05, 0) is 44.3 Å². The van der Waals surface area contributed by atoms with Crippen LogP contribution >= 0.6 is 22.2 Å². The summed E-state index contributed by atoms with van der Waals surface area (Å²) in [4.78, 5) is 2.45. The van der Waals surface area contributed by atoms with E-state index in [-0.39, 0.29) is 6.10 Å². The highest BCUT2D eigenvalue weighted by Crippen LogP contribution is 2.28. The maximum absolute atomic E-state index is 6.29. The van der Waals surface area contributed by atoms with Gasteiger partial charge in [0.2, 0.25) is 0 Å². The maximum atomic E-state index is 6.29. The molecule has 0 aromatic heterocycles. The molecule has 0 aromatic carbocycles. The normalized spacial score (nSPS) is 31.8. The summed E-state index contributed by atoms with van der Waals surface area (Å²) in [5.74, 6) is 0.852. The van der Waals surface area contributed by atoms with E-state index in [1.54, 1.807) is 0 Å². The summed E-state index contributed by atoms with van der Waals surface area (Å²) < 4.78 is 11.5. The monoisotopic (exact) mass is 311 g/mol. The molecule has 2 rings (SSSR count). The van der Waals surface area contributed by atoms with Crippen molar-refractivity contribution in [1.29, 1.82) is 0 Å². The number of rotatable bonds is 2. The van der Waals surface area contributed by atoms with Gasteiger partial charge in [0, 0.05) is 13.2 Å². The van der Waals surface area contributed by atoms with Crippen LogP contribution in [0.25, 0.3) is 0 Å². The van der Waals surface area contributed by atoms with E-state index in [4.69, 9.17) is 31.3 Å². The average Bonchev–Trinajstić information content (AvgIpc) is 2.28. The lowest BCUT2D eigenvalue weighted by Gasteiger charge is -2.35. The van der Waals surface area contributed by atoms with E-state index >= 15 is 0 Å². The number of hydrogen-bond donors (Lipinski definition) is 0. The second kappa shape index (κ2) is 6.91. The third kappa shape index (κ3) is 4.98. The van der Waals surface area contributed by atoms with Gasteiger partial charge in [-0.3, -0.25) is 0 Å². The van der Waals surface area contributed by atoms with Crippen LogP contribution in [0.3, 0.4) is 0 Å². The van der Waals surface area contributed by atoms with Crippen LogP contribution in [0.4, 0.5) is 0 Å². The number of nitrogens with zero attached hydrogens (tertiary/aromatic N) is 1. The zero-order valence-corrected chi connectivity index (χ0v) is 13.6. The molecule has 2 aliphatic rings. The standard InChI is InChI=1S/C12H23Cl2NO2Si/c1-11-3-5-15(6-4-11)9-12-10-16-7-2-8-18(13,14)17-12/h11-12H,2-10H2,1H3. The van der Waals surface area contributed by atoms with Gasteiger partial charge in [0.1, 0.15) is 0 Å². The SMILES string of the molecule is CC1CCN(CC2COCCC[Si](Cl)(Cl)O2)CC1. The molecule has 0 bridgehead atoms. The molecule has 3 nitrogen and oxygen atoms in total. The Kier molecular flexibility index (Phi) is 5.78. The molecule has 2 aliphatic heterocycles. The molecule has 0 aromatic rings. The number of piperidine rings is 1. The maximum Gasteiger partial charge on any atom is 0.389 e. The first-order valence-corrected chi connectivity index (χ1v) is 11.0. The van der Waals surface area contributed by atoms with E-state index in [9.17, 15) is 0 Å². The van der Waals surface area contributed by atoms with Gasteiger partial charge in [0.05, 0.1) is 12.7 Å². The van der Waals surface area contributed by atoms with E-state index in [1.165, 1.54) is 12.8 Å². The molecule has 0 saturated carbocycles. The van der Waals surface area contributed by atoms with Crippen molar-refractivity contribution >= 4 is 29.1 Å². The van der Waals surface area contributed by atoms with Crippen molar-refractivity contribution in [3.63, 3.8) is 0 Å². The third-order valence-corrected chi connectivity index (χ3v) is 7.02. The Morgan fingerprint density at radius 2 is 2.00 bits per heavy atom. The van der Waals surface area contributed by atoms with Crippen LogP contribution in [0.15, 0.2) is 0 Å². The summed E-state index contributed by atoms with van der Waals surface area (Å²) >= 11 is 12.6. The quantitative estimate of drug-likeness (QED) is 0.578. The molecule has 18 heavy (non-hydrogen) atoms. The van der Waals surface area contributed by atoms with Crippen LogP contribution in [0.2, 0.25) is 6.04 Å². The molecule has 106 valence electrons. The molecule has 1 atom stereocenters. The fraction of sp³-hybridized carbons (Fsp3) is 1.00. The van der Waals surface area contributed by atoms with Crippen molar-refractivity contribution in [2.45, 2.75) is 38.3 Å². The Labute approximate surface area is 120 Å². The van der Waals surface area contributed by atoms with E-state index in [0.29, 0.717) is 6.61 Å². The summed E-state index contributed by atoms with van der Waals surface area (Å²) in [5.41, 5.74) is 0. The average molecular weight is 312 g/mol. The van der Waals surface area contributed by atoms with E-state index < -0.39 is 6.94 Å². The van der Waals surface area contributed by atoms with Gasteiger partial charge in [-0.15, -0.1) is 22.2 Å². The molecular weight excluding hydrogens is 289 g/mol. The van der Waals surface area contributed by atoms with Crippen LogP contribution in [-0.4, -0.2) is 50.8 Å². The van der Waals surface area contributed by atoms with E-state index in [0.717, 1.165) is 44.6 Å². The van der Waals surface area contributed by atoms with Gasteiger partial charge in [-0.2, -0.15) is 0 Å². The zero-order chi connectivity index (χ0) is 13.0. The molecule has 1 unspecified atom stereocenters. The number of halogens is 2. The summed E-state index contributed by atoms with van der Waals surface area (Å²) in [5, 5.41) is 0. The molecular formula is C12H23Cl2NO2Si. The minimum absolute atomic E-state index is 0.0420. The Morgan fingerprint density at radius 1 is 1.28 bits per heavy atom. The van der Waals surface area contributed by atoms with Crippen molar-refractivity contribution in [2.24, 2.45) is 5.92 Å². The Bertz CT molecular complexity index is 260. The van der Waals surface area contributed by atoms with Gasteiger partial charge in [-0.1, -0.05) is 6.92 Å². The van der Waals surface area contributed by atoms with Crippen LogP contribution in [0, 0.1) is 5.92 Å². The highest BCUT2D eigenvalue weighted by molar-refractivity contribution is 7.42. The lowest BCUT2D eigenvalue weighted by molar-refractivity contribution is 0.0160. The van der Waals surface area contributed by atoms with E-state index in [2.05, 4.69) is 11.8 Å². The summed E-state index contributed by atoms with van der Waals surface area (Å²) in [6.45, 7) is 4.42. The van der Waals surface area contributed by atoms with Gasteiger partial charge >= 0.3 is 6.94 Å². The molecule has 0 spiro atoms. The lowest BCUT2D eigenvalue weighted by Crippen LogP contribution is -2.45. The minimum atomic E-state index is -2.50. The van der Waals surface area contributed by atoms with Crippen molar-refractivity contribution in [3.8, 4) is 0 Å². The van der Waals surface area contributed by atoms with Crippen molar-refractivity contribution < 1.29 is 9.16 Å². The molecule has 0 radical (unpaired) electrons. The molecule has 0 aliphatic carbocycles. The van der Waals surface area contributed by atoms with Crippen LogP contribution in [0.1, 0.15) is 26.2 Å². The minimum Gasteiger partial charge on any atom is -0.385 e. The predicted molar refractivity (Wildman–Crippen MR) is 77.4 cm³/mol. The van der Waals surface area contributed by atoms with Crippen molar-refractivity contribution in [2.75, 3.05) is 32.8 Å². The first-order valence-electron chi connectivity index (χ1n) is 6.91. The third-order valence-electron chi connectivity index (χ3n) is 3.74. The highest BCUT2D eigenvalue weighted by Gasteiger charge is 2.35. The molecule has 0 amide bonds. The Hall–Kier alpha value is 0.677. The fourth-order valence-electron chi connectivity index (χ4n) is 2.55. The van der Waals surface area contributed by atoms with Gasteiger partial charge in [0.15, 0.2) is 0 Å². The largest absolute Gasteiger partial charge is 0.389 e. The Morgan fingerprint density at radius 3 is 2.72 bits per heavy atom. The first-order chi connectivity index (χ1) is 8.55. The van der Waals surface area contributed by atoms with Gasteiger partial charge < -0.3 is 14.1 Å². The van der Waals surface area contributed by atoms with Crippen LogP contribution in [-0.2, 0) is 9.16 Å².